The molecular formula is C7H7ClFN3O. The Morgan fingerprint density at radius 1 is 1.62 bits per heavy atom. The Morgan fingerprint density at radius 3 is 2.92 bits per heavy atom. The molecule has 1 saturated heterocycles. The monoisotopic (exact) mass is 203 g/mol. The molecule has 0 amide bonds. The number of halogens is 2. The smallest absolute Gasteiger partial charge is 0.310 e. The highest BCUT2D eigenvalue weighted by Crippen LogP contribution is 2.25. The Hall–Kier alpha value is -0.940. The van der Waals surface area contributed by atoms with E-state index in [4.69, 9.17) is 16.7 Å². The molecule has 6 heteroatoms. The molecule has 0 unspecified atom stereocenters. The van der Waals surface area contributed by atoms with E-state index in [1.54, 1.807) is 4.90 Å². The fraction of sp³-hybridized carbons (Fsp3) is 0.429. The third kappa shape index (κ3) is 1.57. The molecule has 2 rings (SSSR count). The summed E-state index contributed by atoms with van der Waals surface area (Å²) in [4.78, 5) is 8.53. The first-order valence-corrected chi connectivity index (χ1v) is 4.15. The molecule has 4 nitrogen and oxygen atoms in total. The van der Waals surface area contributed by atoms with E-state index in [1.807, 2.05) is 0 Å². The van der Waals surface area contributed by atoms with E-state index in [9.17, 15) is 4.39 Å². The van der Waals surface area contributed by atoms with E-state index in [2.05, 4.69) is 9.97 Å². The SMILES string of the molecule is OC1CN(c2nc(F)ncc2Cl)C1. The van der Waals surface area contributed by atoms with Gasteiger partial charge in [0.2, 0.25) is 0 Å². The largest absolute Gasteiger partial charge is 0.389 e. The lowest BCUT2D eigenvalue weighted by Crippen LogP contribution is -2.51. The summed E-state index contributed by atoms with van der Waals surface area (Å²) in [6.07, 6.45) is 0.0408. The number of nitrogens with zero attached hydrogens (tertiary/aromatic N) is 3. The highest BCUT2D eigenvalue weighted by Gasteiger charge is 2.27. The van der Waals surface area contributed by atoms with Crippen LogP contribution in [-0.2, 0) is 0 Å². The number of aliphatic hydroxyl groups excluding tert-OH is 1. The minimum absolute atomic E-state index is 0.299. The van der Waals surface area contributed by atoms with E-state index in [1.165, 1.54) is 6.20 Å². The zero-order valence-electron chi connectivity index (χ0n) is 6.61. The predicted octanol–water partition coefficient (Wildman–Crippen LogP) is 0.450. The van der Waals surface area contributed by atoms with E-state index in [0.717, 1.165) is 0 Å². The van der Waals surface area contributed by atoms with Crippen LogP contribution >= 0.6 is 11.6 Å². The van der Waals surface area contributed by atoms with E-state index >= 15 is 0 Å². The summed E-state index contributed by atoms with van der Waals surface area (Å²) in [6, 6.07) is 0. The standard InChI is InChI=1S/C7H7ClFN3O/c8-5-1-10-7(9)11-6(5)12-2-4(13)3-12/h1,4,13H,2-3H2. The molecular weight excluding hydrogens is 197 g/mol. The van der Waals surface area contributed by atoms with Gasteiger partial charge in [-0.25, -0.2) is 4.98 Å². The summed E-state index contributed by atoms with van der Waals surface area (Å²) in [5.74, 6) is 0.347. The van der Waals surface area contributed by atoms with Crippen LogP contribution in [0, 0.1) is 6.08 Å². The molecule has 0 aromatic carbocycles. The Morgan fingerprint density at radius 2 is 2.31 bits per heavy atom. The average Bonchev–Trinajstić information content (AvgIpc) is 2.04. The molecule has 0 atom stereocenters. The molecule has 1 fully saturated rings. The molecule has 0 bridgehead atoms. The van der Waals surface area contributed by atoms with Crippen molar-refractivity contribution in [2.24, 2.45) is 0 Å². The van der Waals surface area contributed by atoms with Crippen LogP contribution in [0.25, 0.3) is 0 Å². The number of hydrogen-bond donors (Lipinski definition) is 1. The number of aliphatic hydroxyl groups is 1. The van der Waals surface area contributed by atoms with Crippen molar-refractivity contribution in [1.29, 1.82) is 0 Å². The maximum atomic E-state index is 12.6. The molecule has 1 aliphatic rings. The molecule has 1 aromatic rings. The Bertz CT molecular complexity index is 330. The number of β-amino-alcohol motifs (C(OH)–C–C–N with tert-alkyl or cyclic N) is 1. The average molecular weight is 204 g/mol. The van der Waals surface area contributed by atoms with Crippen molar-refractivity contribution in [1.82, 2.24) is 9.97 Å². The number of rotatable bonds is 1. The number of anilines is 1. The maximum Gasteiger partial charge on any atom is 0.310 e. The van der Waals surface area contributed by atoms with Gasteiger partial charge in [-0.2, -0.15) is 9.37 Å². The second kappa shape index (κ2) is 3.08. The number of aromatic nitrogens is 2. The van der Waals surface area contributed by atoms with Crippen molar-refractivity contribution >= 4 is 17.4 Å². The molecule has 1 N–H and O–H groups in total. The molecule has 1 aromatic heterocycles. The summed E-state index contributed by atoms with van der Waals surface area (Å²) < 4.78 is 12.6. The fourth-order valence-corrected chi connectivity index (χ4v) is 1.40. The second-order valence-electron chi connectivity index (χ2n) is 2.87. The molecule has 2 heterocycles. The van der Waals surface area contributed by atoms with Crippen molar-refractivity contribution in [2.75, 3.05) is 18.0 Å². The highest BCUT2D eigenvalue weighted by atomic mass is 35.5. The van der Waals surface area contributed by atoms with Gasteiger partial charge in [-0.05, 0) is 0 Å². The lowest BCUT2D eigenvalue weighted by atomic mass is 10.2. The van der Waals surface area contributed by atoms with Crippen LogP contribution in [0.4, 0.5) is 10.2 Å². The predicted molar refractivity (Wildman–Crippen MR) is 45.2 cm³/mol. The van der Waals surface area contributed by atoms with Gasteiger partial charge in [-0.3, -0.25) is 0 Å². The minimum Gasteiger partial charge on any atom is -0.389 e. The third-order valence-electron chi connectivity index (χ3n) is 1.86. The maximum absolute atomic E-state index is 12.6. The summed E-state index contributed by atoms with van der Waals surface area (Å²) in [7, 11) is 0. The lowest BCUT2D eigenvalue weighted by molar-refractivity contribution is 0.141. The van der Waals surface area contributed by atoms with Crippen LogP contribution in [0.3, 0.4) is 0 Å². The van der Waals surface area contributed by atoms with Gasteiger partial charge in [-0.1, -0.05) is 11.6 Å². The zero-order chi connectivity index (χ0) is 9.42. The molecule has 0 aliphatic carbocycles. The van der Waals surface area contributed by atoms with Gasteiger partial charge in [0, 0.05) is 13.1 Å². The first kappa shape index (κ1) is 8.65. The van der Waals surface area contributed by atoms with E-state index < -0.39 is 6.08 Å². The van der Waals surface area contributed by atoms with Gasteiger partial charge in [0.1, 0.15) is 5.02 Å². The summed E-state index contributed by atoms with van der Waals surface area (Å²) >= 11 is 5.74. The molecule has 1 aliphatic heterocycles. The van der Waals surface area contributed by atoms with Crippen molar-refractivity contribution < 1.29 is 9.50 Å². The number of hydrogen-bond acceptors (Lipinski definition) is 4. The van der Waals surface area contributed by atoms with Gasteiger partial charge < -0.3 is 10.0 Å². The molecule has 70 valence electrons. The zero-order valence-corrected chi connectivity index (χ0v) is 7.37. The van der Waals surface area contributed by atoms with Gasteiger partial charge in [0.05, 0.1) is 12.3 Å². The lowest BCUT2D eigenvalue weighted by Gasteiger charge is -2.36. The van der Waals surface area contributed by atoms with Crippen LogP contribution < -0.4 is 4.90 Å². The van der Waals surface area contributed by atoms with Gasteiger partial charge in [0.15, 0.2) is 5.82 Å². The molecule has 0 radical (unpaired) electrons. The van der Waals surface area contributed by atoms with Crippen molar-refractivity contribution in [3.63, 3.8) is 0 Å². The molecule has 13 heavy (non-hydrogen) atoms. The first-order valence-electron chi connectivity index (χ1n) is 3.78. The van der Waals surface area contributed by atoms with Crippen LogP contribution in [0.1, 0.15) is 0 Å². The normalized spacial score (nSPS) is 17.3. The van der Waals surface area contributed by atoms with Crippen LogP contribution in [0.2, 0.25) is 5.02 Å². The van der Waals surface area contributed by atoms with Crippen LogP contribution in [0.5, 0.6) is 0 Å². The van der Waals surface area contributed by atoms with Crippen LogP contribution in [0.15, 0.2) is 6.20 Å². The fourth-order valence-electron chi connectivity index (χ4n) is 1.19. The first-order chi connectivity index (χ1) is 6.16. The quantitative estimate of drug-likeness (QED) is 0.674. The van der Waals surface area contributed by atoms with Gasteiger partial charge >= 0.3 is 6.08 Å². The third-order valence-corrected chi connectivity index (χ3v) is 2.12. The molecule has 0 spiro atoms. The van der Waals surface area contributed by atoms with Crippen molar-refractivity contribution in [2.45, 2.75) is 6.10 Å². The summed E-state index contributed by atoms with van der Waals surface area (Å²) in [5, 5.41) is 9.32. The van der Waals surface area contributed by atoms with Crippen molar-refractivity contribution in [3.8, 4) is 0 Å². The summed E-state index contributed by atoms with van der Waals surface area (Å²) in [6.45, 7) is 0.881. The van der Waals surface area contributed by atoms with Crippen LogP contribution in [-0.4, -0.2) is 34.3 Å². The van der Waals surface area contributed by atoms with Crippen molar-refractivity contribution in [3.05, 3.63) is 17.3 Å². The minimum atomic E-state index is -0.805. The topological polar surface area (TPSA) is 49.2 Å². The molecule has 0 saturated carbocycles. The van der Waals surface area contributed by atoms with Gasteiger partial charge in [-0.15, -0.1) is 0 Å². The highest BCUT2D eigenvalue weighted by molar-refractivity contribution is 6.32. The second-order valence-corrected chi connectivity index (χ2v) is 3.28. The Balaban J connectivity index is 2.24. The van der Waals surface area contributed by atoms with Gasteiger partial charge in [0.25, 0.3) is 0 Å². The van der Waals surface area contributed by atoms with E-state index in [-0.39, 0.29) is 6.10 Å². The summed E-state index contributed by atoms with van der Waals surface area (Å²) in [5.41, 5.74) is 0. The Kier molecular flexibility index (Phi) is 2.05. The van der Waals surface area contributed by atoms with E-state index in [0.29, 0.717) is 23.9 Å². The Labute approximate surface area is 79.0 Å².